The van der Waals surface area contributed by atoms with Gasteiger partial charge in [-0.25, -0.2) is 13.9 Å². The maximum Gasteiger partial charge on any atom is 0.345 e. The first-order valence-electron chi connectivity index (χ1n) is 4.95. The Bertz CT molecular complexity index is 508. The minimum absolute atomic E-state index is 0.0776. The molecule has 0 saturated carbocycles. The molecule has 1 aromatic rings. The van der Waals surface area contributed by atoms with Gasteiger partial charge in [0, 0.05) is 0 Å². The Balaban J connectivity index is 2.54. The van der Waals surface area contributed by atoms with Crippen LogP contribution in [0.5, 0.6) is 5.75 Å². The highest BCUT2D eigenvalue weighted by Crippen LogP contribution is 2.28. The van der Waals surface area contributed by atoms with Gasteiger partial charge in [-0.3, -0.25) is 0 Å². The van der Waals surface area contributed by atoms with E-state index in [2.05, 4.69) is 0 Å². The lowest BCUT2D eigenvalue weighted by Crippen LogP contribution is -2.36. The van der Waals surface area contributed by atoms with E-state index in [1.54, 1.807) is 0 Å². The summed E-state index contributed by atoms with van der Waals surface area (Å²) in [4.78, 5) is 10.9. The van der Waals surface area contributed by atoms with Gasteiger partial charge in [0.15, 0.2) is 0 Å². The second kappa shape index (κ2) is 4.04. The fraction of sp³-hybridized carbons (Fsp3) is 0.273. The Morgan fingerprint density at radius 3 is 2.94 bits per heavy atom. The molecular weight excluding hydrogens is 229 g/mol. The highest BCUT2D eigenvalue weighted by atomic mass is 19.1. The summed E-state index contributed by atoms with van der Waals surface area (Å²) in [5, 5.41) is 20.2. The van der Waals surface area contributed by atoms with Crippen molar-refractivity contribution in [2.45, 2.75) is 12.5 Å². The van der Waals surface area contributed by atoms with Crippen LogP contribution in [0.4, 0.5) is 4.39 Å². The van der Waals surface area contributed by atoms with Crippen LogP contribution in [0.2, 0.25) is 0 Å². The van der Waals surface area contributed by atoms with Gasteiger partial charge in [-0.15, -0.1) is 0 Å². The van der Waals surface area contributed by atoms with Gasteiger partial charge in [0.2, 0.25) is 11.8 Å². The first-order chi connectivity index (χ1) is 7.99. The molecule has 6 heteroatoms. The average molecular weight is 239 g/mol. The minimum atomic E-state index is -1.15. The molecule has 0 radical (unpaired) electrons. The Kier molecular flexibility index (Phi) is 2.71. The van der Waals surface area contributed by atoms with Crippen LogP contribution < -0.4 is 4.74 Å². The van der Waals surface area contributed by atoms with Gasteiger partial charge in [-0.05, 0) is 18.2 Å². The molecule has 1 aromatic carbocycles. The lowest BCUT2D eigenvalue weighted by Gasteiger charge is -2.23. The Hall–Kier alpha value is -2.11. The Morgan fingerprint density at radius 1 is 1.65 bits per heavy atom. The maximum atomic E-state index is 13.1. The standard InChI is InChI=1S/C11H10FNO4/c1-13(16)8-5-10(11(14)15)17-9-3-2-6(12)4-7(8)9/h2-4,10H,5H2,1H3,(H,14,15)/b13-8+. The van der Waals surface area contributed by atoms with Crippen molar-refractivity contribution in [1.29, 1.82) is 0 Å². The van der Waals surface area contributed by atoms with E-state index in [9.17, 15) is 14.4 Å². The number of rotatable bonds is 1. The third-order valence-electron chi connectivity index (χ3n) is 2.56. The number of hydrogen-bond donors (Lipinski definition) is 1. The summed E-state index contributed by atoms with van der Waals surface area (Å²) < 4.78 is 18.8. The van der Waals surface area contributed by atoms with Crippen molar-refractivity contribution in [1.82, 2.24) is 0 Å². The number of halogens is 1. The maximum absolute atomic E-state index is 13.1. The van der Waals surface area contributed by atoms with Crippen molar-refractivity contribution in [2.75, 3.05) is 7.05 Å². The molecule has 1 unspecified atom stereocenters. The zero-order chi connectivity index (χ0) is 12.6. The van der Waals surface area contributed by atoms with Crippen LogP contribution in [0, 0.1) is 11.0 Å². The molecule has 1 atom stereocenters. The average Bonchev–Trinajstić information content (AvgIpc) is 2.27. The molecule has 1 aliphatic rings. The number of nitrogens with zero attached hydrogens (tertiary/aromatic N) is 1. The molecule has 90 valence electrons. The highest BCUT2D eigenvalue weighted by molar-refractivity contribution is 6.02. The van der Waals surface area contributed by atoms with Crippen LogP contribution in [0.15, 0.2) is 18.2 Å². The molecular formula is C11H10FNO4. The topological polar surface area (TPSA) is 72.6 Å². The van der Waals surface area contributed by atoms with E-state index < -0.39 is 17.9 Å². The number of carboxylic acids is 1. The molecule has 0 amide bonds. The van der Waals surface area contributed by atoms with E-state index >= 15 is 0 Å². The first kappa shape index (κ1) is 11.4. The SMILES string of the molecule is C/[N+]([O-])=C1/CC(C(=O)O)Oc2ccc(F)cc21. The van der Waals surface area contributed by atoms with E-state index in [1.165, 1.54) is 13.1 Å². The lowest BCUT2D eigenvalue weighted by atomic mass is 9.99. The first-order valence-corrected chi connectivity index (χ1v) is 4.95. The second-order valence-electron chi connectivity index (χ2n) is 3.73. The molecule has 2 rings (SSSR count). The molecule has 5 nitrogen and oxygen atoms in total. The predicted octanol–water partition coefficient (Wildman–Crippen LogP) is 0.991. The van der Waals surface area contributed by atoms with Gasteiger partial charge in [-0.2, -0.15) is 0 Å². The van der Waals surface area contributed by atoms with Crippen LogP contribution in [0.25, 0.3) is 0 Å². The van der Waals surface area contributed by atoms with Crippen molar-refractivity contribution in [2.24, 2.45) is 0 Å². The zero-order valence-corrected chi connectivity index (χ0v) is 9.01. The predicted molar refractivity (Wildman–Crippen MR) is 56.7 cm³/mol. The van der Waals surface area contributed by atoms with Crippen molar-refractivity contribution in [3.8, 4) is 5.75 Å². The molecule has 1 aliphatic heterocycles. The summed E-state index contributed by atoms with van der Waals surface area (Å²) >= 11 is 0. The third kappa shape index (κ3) is 2.06. The fourth-order valence-corrected chi connectivity index (χ4v) is 1.75. The largest absolute Gasteiger partial charge is 0.624 e. The van der Waals surface area contributed by atoms with Crippen LogP contribution in [-0.4, -0.2) is 34.7 Å². The lowest BCUT2D eigenvalue weighted by molar-refractivity contribution is -0.424. The molecule has 0 spiro atoms. The number of aliphatic carboxylic acids is 1. The second-order valence-corrected chi connectivity index (χ2v) is 3.73. The molecule has 0 aromatic heterocycles. The van der Waals surface area contributed by atoms with Crippen LogP contribution in [0.1, 0.15) is 12.0 Å². The normalized spacial score (nSPS) is 21.4. The molecule has 1 heterocycles. The number of benzene rings is 1. The van der Waals surface area contributed by atoms with Crippen LogP contribution in [-0.2, 0) is 4.79 Å². The minimum Gasteiger partial charge on any atom is -0.624 e. The number of fused-ring (bicyclic) bond motifs is 1. The van der Waals surface area contributed by atoms with Crippen molar-refractivity contribution in [3.05, 3.63) is 34.8 Å². The molecule has 0 bridgehead atoms. The zero-order valence-electron chi connectivity index (χ0n) is 9.01. The molecule has 17 heavy (non-hydrogen) atoms. The third-order valence-corrected chi connectivity index (χ3v) is 2.56. The van der Waals surface area contributed by atoms with Gasteiger partial charge < -0.3 is 15.1 Å². The van der Waals surface area contributed by atoms with Gasteiger partial charge in [0.25, 0.3) is 0 Å². The van der Waals surface area contributed by atoms with E-state index in [0.29, 0.717) is 10.3 Å². The molecule has 0 saturated heterocycles. The quantitative estimate of drug-likeness (QED) is 0.450. The monoisotopic (exact) mass is 239 g/mol. The van der Waals surface area contributed by atoms with E-state index in [1.807, 2.05) is 0 Å². The molecule has 1 N–H and O–H groups in total. The van der Waals surface area contributed by atoms with E-state index in [4.69, 9.17) is 9.84 Å². The van der Waals surface area contributed by atoms with Crippen LogP contribution in [0.3, 0.4) is 0 Å². The van der Waals surface area contributed by atoms with Gasteiger partial charge in [0.1, 0.15) is 18.6 Å². The number of hydrogen-bond acceptors (Lipinski definition) is 3. The Labute approximate surface area is 96.3 Å². The molecule has 0 fully saturated rings. The summed E-state index contributed by atoms with van der Waals surface area (Å²) in [6.07, 6.45) is -1.19. The van der Waals surface area contributed by atoms with Crippen LogP contribution >= 0.6 is 0 Å². The number of ether oxygens (including phenoxy) is 1. The van der Waals surface area contributed by atoms with E-state index in [-0.39, 0.29) is 17.9 Å². The smallest absolute Gasteiger partial charge is 0.345 e. The summed E-state index contributed by atoms with van der Waals surface area (Å²) in [5.41, 5.74) is 0.512. The fourth-order valence-electron chi connectivity index (χ4n) is 1.75. The van der Waals surface area contributed by atoms with Gasteiger partial charge in [-0.1, -0.05) is 0 Å². The van der Waals surface area contributed by atoms with Crippen molar-refractivity contribution >= 4 is 11.7 Å². The number of carbonyl (C=O) groups is 1. The van der Waals surface area contributed by atoms with Gasteiger partial charge in [0.05, 0.1) is 12.0 Å². The summed E-state index contributed by atoms with van der Waals surface area (Å²) in [7, 11) is 1.24. The van der Waals surface area contributed by atoms with Gasteiger partial charge >= 0.3 is 5.97 Å². The summed E-state index contributed by atoms with van der Waals surface area (Å²) in [6.45, 7) is 0. The molecule has 0 aliphatic carbocycles. The van der Waals surface area contributed by atoms with E-state index in [0.717, 1.165) is 12.1 Å². The number of hydroxylamine groups is 1. The summed E-state index contributed by atoms with van der Waals surface area (Å²) in [6, 6.07) is 3.64. The van der Waals surface area contributed by atoms with Crippen molar-refractivity contribution in [3.63, 3.8) is 0 Å². The summed E-state index contributed by atoms with van der Waals surface area (Å²) in [5.74, 6) is -1.44. The Morgan fingerprint density at radius 2 is 2.35 bits per heavy atom. The number of carboxylic acid groups (broad SMARTS) is 1. The van der Waals surface area contributed by atoms with Crippen molar-refractivity contribution < 1.29 is 23.8 Å². The highest BCUT2D eigenvalue weighted by Gasteiger charge is 2.33.